The summed E-state index contributed by atoms with van der Waals surface area (Å²) in [5.41, 5.74) is 1.72. The third-order valence-corrected chi connectivity index (χ3v) is 3.62. The lowest BCUT2D eigenvalue weighted by Crippen LogP contribution is -2.38. The minimum Gasteiger partial charge on any atom is -0.341 e. The molecular formula is C12H18N4O2S. The van der Waals surface area contributed by atoms with Gasteiger partial charge in [-0.25, -0.2) is 9.71 Å². The lowest BCUT2D eigenvalue weighted by molar-refractivity contribution is 0.546. The maximum absolute atomic E-state index is 11.7. The normalized spacial score (nSPS) is 12.4. The summed E-state index contributed by atoms with van der Waals surface area (Å²) in [6.07, 6.45) is 0. The van der Waals surface area contributed by atoms with Gasteiger partial charge in [0.05, 0.1) is 17.6 Å². The van der Waals surface area contributed by atoms with E-state index in [0.717, 1.165) is 11.0 Å². The van der Waals surface area contributed by atoms with E-state index < -0.39 is 10.2 Å². The van der Waals surface area contributed by atoms with Crippen LogP contribution in [0.15, 0.2) is 24.3 Å². The van der Waals surface area contributed by atoms with Crippen LogP contribution in [-0.2, 0) is 16.8 Å². The average molecular weight is 282 g/mol. The number of H-pyrrole nitrogens is 1. The van der Waals surface area contributed by atoms with Gasteiger partial charge in [-0.15, -0.1) is 0 Å². The highest BCUT2D eigenvalue weighted by Gasteiger charge is 2.11. The Morgan fingerprint density at radius 3 is 2.68 bits per heavy atom. The van der Waals surface area contributed by atoms with Gasteiger partial charge in [-0.05, 0) is 18.1 Å². The number of hydrogen-bond donors (Lipinski definition) is 3. The molecule has 1 aromatic heterocycles. The molecule has 3 N–H and O–H groups in total. The Morgan fingerprint density at radius 1 is 1.26 bits per heavy atom. The Kier molecular flexibility index (Phi) is 4.18. The first kappa shape index (κ1) is 14.0. The number of imidazole rings is 1. The number of fused-ring (bicyclic) bond motifs is 1. The number of rotatable bonds is 6. The predicted octanol–water partition coefficient (Wildman–Crippen LogP) is 1.14. The van der Waals surface area contributed by atoms with E-state index in [1.54, 1.807) is 0 Å². The van der Waals surface area contributed by atoms with Crippen LogP contribution in [0, 0.1) is 5.92 Å². The molecule has 0 radical (unpaired) electrons. The van der Waals surface area contributed by atoms with Crippen LogP contribution in [0.5, 0.6) is 0 Å². The molecule has 7 heteroatoms. The second-order valence-electron chi connectivity index (χ2n) is 4.77. The fourth-order valence-corrected chi connectivity index (χ4v) is 2.56. The first-order valence-electron chi connectivity index (χ1n) is 6.14. The molecule has 0 fully saturated rings. The first-order chi connectivity index (χ1) is 8.96. The van der Waals surface area contributed by atoms with E-state index in [-0.39, 0.29) is 12.5 Å². The molecule has 0 saturated heterocycles. The van der Waals surface area contributed by atoms with E-state index in [4.69, 9.17) is 0 Å². The zero-order valence-corrected chi connectivity index (χ0v) is 11.8. The fourth-order valence-electron chi connectivity index (χ4n) is 1.58. The van der Waals surface area contributed by atoms with Gasteiger partial charge in [-0.1, -0.05) is 26.0 Å². The van der Waals surface area contributed by atoms with Gasteiger partial charge in [0.2, 0.25) is 0 Å². The number of aromatic nitrogens is 2. The van der Waals surface area contributed by atoms with Crippen molar-refractivity contribution in [2.24, 2.45) is 5.92 Å². The summed E-state index contributed by atoms with van der Waals surface area (Å²) in [5, 5.41) is 0. The van der Waals surface area contributed by atoms with E-state index in [9.17, 15) is 8.42 Å². The zero-order chi connectivity index (χ0) is 13.9. The SMILES string of the molecule is CC(C)CNS(=O)(=O)NCc1nc2ccccc2[nH]1. The molecule has 104 valence electrons. The van der Waals surface area contributed by atoms with Gasteiger partial charge in [0.25, 0.3) is 10.2 Å². The van der Waals surface area contributed by atoms with Crippen molar-refractivity contribution in [3.63, 3.8) is 0 Å². The molecule has 0 aliphatic rings. The van der Waals surface area contributed by atoms with Crippen molar-refractivity contribution in [1.29, 1.82) is 0 Å². The Labute approximate surface area is 112 Å². The van der Waals surface area contributed by atoms with Crippen molar-refractivity contribution in [2.75, 3.05) is 6.54 Å². The molecule has 0 amide bonds. The molecule has 0 spiro atoms. The quantitative estimate of drug-likeness (QED) is 0.742. The smallest absolute Gasteiger partial charge is 0.277 e. The van der Waals surface area contributed by atoms with Crippen LogP contribution in [-0.4, -0.2) is 24.9 Å². The average Bonchev–Trinajstić information content (AvgIpc) is 2.77. The van der Waals surface area contributed by atoms with Gasteiger partial charge < -0.3 is 4.98 Å². The van der Waals surface area contributed by atoms with Crippen LogP contribution in [0.4, 0.5) is 0 Å². The van der Waals surface area contributed by atoms with E-state index in [1.807, 2.05) is 38.1 Å². The molecule has 0 aliphatic carbocycles. The molecule has 1 heterocycles. The van der Waals surface area contributed by atoms with Crippen molar-refractivity contribution in [3.05, 3.63) is 30.1 Å². The maximum atomic E-state index is 11.7. The summed E-state index contributed by atoms with van der Waals surface area (Å²) in [6, 6.07) is 7.57. The van der Waals surface area contributed by atoms with Crippen LogP contribution in [0.2, 0.25) is 0 Å². The maximum Gasteiger partial charge on any atom is 0.277 e. The van der Waals surface area contributed by atoms with Gasteiger partial charge in [0.1, 0.15) is 5.82 Å². The Bertz CT molecular complexity index is 616. The third-order valence-electron chi connectivity index (χ3n) is 2.55. The van der Waals surface area contributed by atoms with Crippen molar-refractivity contribution < 1.29 is 8.42 Å². The van der Waals surface area contributed by atoms with E-state index >= 15 is 0 Å². The second-order valence-corrected chi connectivity index (χ2v) is 6.35. The highest BCUT2D eigenvalue weighted by atomic mass is 32.2. The minimum atomic E-state index is -3.47. The molecule has 1 aromatic carbocycles. The summed E-state index contributed by atoms with van der Waals surface area (Å²) in [7, 11) is -3.47. The summed E-state index contributed by atoms with van der Waals surface area (Å²) in [4.78, 5) is 7.37. The van der Waals surface area contributed by atoms with Gasteiger partial charge in [0.15, 0.2) is 0 Å². The molecular weight excluding hydrogens is 264 g/mol. The topological polar surface area (TPSA) is 86.9 Å². The summed E-state index contributed by atoms with van der Waals surface area (Å²) >= 11 is 0. The first-order valence-corrected chi connectivity index (χ1v) is 7.62. The lowest BCUT2D eigenvalue weighted by atomic mass is 10.2. The van der Waals surface area contributed by atoms with Gasteiger partial charge in [-0.3, -0.25) is 0 Å². The zero-order valence-electron chi connectivity index (χ0n) is 11.0. The molecule has 0 aliphatic heterocycles. The number of aromatic amines is 1. The molecule has 6 nitrogen and oxygen atoms in total. The van der Waals surface area contributed by atoms with Gasteiger partial charge in [0, 0.05) is 6.54 Å². The van der Waals surface area contributed by atoms with Crippen molar-refractivity contribution in [1.82, 2.24) is 19.4 Å². The van der Waals surface area contributed by atoms with E-state index in [1.165, 1.54) is 0 Å². The largest absolute Gasteiger partial charge is 0.341 e. The number of nitrogens with zero attached hydrogens (tertiary/aromatic N) is 1. The fraction of sp³-hybridized carbons (Fsp3) is 0.417. The Balaban J connectivity index is 1.98. The van der Waals surface area contributed by atoms with E-state index in [2.05, 4.69) is 19.4 Å². The summed E-state index contributed by atoms with van der Waals surface area (Å²) < 4.78 is 28.3. The molecule has 0 bridgehead atoms. The van der Waals surface area contributed by atoms with Gasteiger partial charge in [-0.2, -0.15) is 13.1 Å². The molecule has 0 saturated carbocycles. The summed E-state index contributed by atoms with van der Waals surface area (Å²) in [6.45, 7) is 4.45. The molecule has 2 aromatic rings. The molecule has 2 rings (SSSR count). The number of nitrogens with one attached hydrogen (secondary N) is 3. The van der Waals surface area contributed by atoms with Crippen LogP contribution in [0.3, 0.4) is 0 Å². The summed E-state index contributed by atoms with van der Waals surface area (Å²) in [5.74, 6) is 0.860. The molecule has 0 unspecified atom stereocenters. The lowest BCUT2D eigenvalue weighted by Gasteiger charge is -2.08. The number of benzene rings is 1. The van der Waals surface area contributed by atoms with Crippen molar-refractivity contribution in [3.8, 4) is 0 Å². The molecule has 0 atom stereocenters. The highest BCUT2D eigenvalue weighted by molar-refractivity contribution is 7.87. The van der Waals surface area contributed by atoms with Crippen molar-refractivity contribution in [2.45, 2.75) is 20.4 Å². The van der Waals surface area contributed by atoms with Crippen LogP contribution >= 0.6 is 0 Å². The minimum absolute atomic E-state index is 0.141. The van der Waals surface area contributed by atoms with Crippen molar-refractivity contribution >= 4 is 21.2 Å². The predicted molar refractivity (Wildman–Crippen MR) is 74.7 cm³/mol. The number of para-hydroxylation sites is 2. The second kappa shape index (κ2) is 5.68. The van der Waals surface area contributed by atoms with E-state index in [0.29, 0.717) is 12.4 Å². The Morgan fingerprint density at radius 2 is 2.00 bits per heavy atom. The van der Waals surface area contributed by atoms with Crippen LogP contribution < -0.4 is 9.44 Å². The monoisotopic (exact) mass is 282 g/mol. The number of hydrogen-bond acceptors (Lipinski definition) is 3. The molecule has 19 heavy (non-hydrogen) atoms. The highest BCUT2D eigenvalue weighted by Crippen LogP contribution is 2.09. The Hall–Kier alpha value is -1.44. The van der Waals surface area contributed by atoms with Gasteiger partial charge >= 0.3 is 0 Å². The van der Waals surface area contributed by atoms with Crippen LogP contribution in [0.1, 0.15) is 19.7 Å². The standard InChI is InChI=1S/C12H18N4O2S/c1-9(2)7-13-19(17,18)14-8-12-15-10-5-3-4-6-11(10)16-12/h3-6,9,13-14H,7-8H2,1-2H3,(H,15,16). The van der Waals surface area contributed by atoms with Crippen LogP contribution in [0.25, 0.3) is 11.0 Å². The third kappa shape index (κ3) is 4.02.